The normalized spacial score (nSPS) is 12.3. The zero-order valence-electron chi connectivity index (χ0n) is 56.6. The van der Waals surface area contributed by atoms with Crippen molar-refractivity contribution in [2.45, 2.75) is 122 Å². The van der Waals surface area contributed by atoms with E-state index >= 15 is 0 Å². The van der Waals surface area contributed by atoms with Crippen molar-refractivity contribution in [2.75, 3.05) is 92.3 Å². The van der Waals surface area contributed by atoms with E-state index in [-0.39, 0.29) is 18.2 Å². The lowest BCUT2D eigenvalue weighted by molar-refractivity contribution is -0.538. The molecular weight excluding hydrogens is 1100 g/mol. The molecule has 10 heteroatoms. The molecule has 0 unspecified atom stereocenters. The van der Waals surface area contributed by atoms with Gasteiger partial charge in [0.15, 0.2) is 5.71 Å². The molecule has 0 aliphatic heterocycles. The number of anilines is 6. The predicted octanol–water partition coefficient (Wildman–Crippen LogP) is 17.3. The van der Waals surface area contributed by atoms with Gasteiger partial charge in [-0.3, -0.25) is 9.59 Å². The van der Waals surface area contributed by atoms with Gasteiger partial charge in [0.2, 0.25) is 17.1 Å². The zero-order chi connectivity index (χ0) is 64.0. The van der Waals surface area contributed by atoms with Crippen molar-refractivity contribution in [3.63, 3.8) is 0 Å². The number of Topliss-reactive ketones (excluding diaryl/α,β-unsaturated/α-hetero) is 1. The Morgan fingerprint density at radius 1 is 0.404 bits per heavy atom. The average Bonchev–Trinajstić information content (AvgIpc) is 2.83. The van der Waals surface area contributed by atoms with Gasteiger partial charge in [-0.15, -0.1) is 0 Å². The van der Waals surface area contributed by atoms with Crippen LogP contribution in [0.5, 0.6) is 0 Å². The second-order valence-electron chi connectivity index (χ2n) is 27.1. The molecule has 6 aromatic carbocycles. The Hall–Kier alpha value is -7.56. The van der Waals surface area contributed by atoms with Gasteiger partial charge in [0.25, 0.3) is 0 Å². The highest BCUT2D eigenvalue weighted by Crippen LogP contribution is 2.38. The van der Waals surface area contributed by atoms with Crippen molar-refractivity contribution >= 4 is 68.7 Å². The van der Waals surface area contributed by atoms with Crippen molar-refractivity contribution in [1.82, 2.24) is 4.58 Å². The van der Waals surface area contributed by atoms with Crippen molar-refractivity contribution in [3.8, 4) is 0 Å². The Labute approximate surface area is 536 Å². The number of esters is 1. The summed E-state index contributed by atoms with van der Waals surface area (Å²) in [5.74, 6) is 3.07. The van der Waals surface area contributed by atoms with E-state index in [0.717, 1.165) is 123 Å². The lowest BCUT2D eigenvalue weighted by atomic mass is 10.0. The molecule has 0 N–H and O–H groups in total. The van der Waals surface area contributed by atoms with E-state index in [1.165, 1.54) is 28.2 Å². The Morgan fingerprint density at radius 2 is 0.753 bits per heavy atom. The Balaban J connectivity index is 1.16. The van der Waals surface area contributed by atoms with Gasteiger partial charge < -0.3 is 29.1 Å². The lowest BCUT2D eigenvalue weighted by Gasteiger charge is -2.31. The monoisotopic (exact) mass is 1200 g/mol. The predicted molar refractivity (Wildman–Crippen MR) is 379 cm³/mol. The van der Waals surface area contributed by atoms with E-state index < -0.39 is 0 Å². The molecule has 1 aliphatic carbocycles. The SMILES string of the molecule is COCCCN(CC(C)C)c1ccc([N+](=C2C=CC(=[N+](CC(C)C)CC(C)C)C=C2)c2ccc(N(c3ccc(N(CCCOC(=O)Cc4ccc(Cc5ccc(CC(C)=O)cc5)cc4)CC(C)C)cc3)c3ccc(N(CC(C)C)CC(C)C)cc3)cc2)cc1. The fourth-order valence-corrected chi connectivity index (χ4v) is 11.9. The molecule has 0 saturated carbocycles. The summed E-state index contributed by atoms with van der Waals surface area (Å²) in [5.41, 5.74) is 15.6. The number of carbonyl (C=O) groups excluding carboxylic acids is 2. The van der Waals surface area contributed by atoms with Gasteiger partial charge in [-0.2, -0.15) is 4.58 Å². The summed E-state index contributed by atoms with van der Waals surface area (Å²) in [5, 5.41) is 0. The van der Waals surface area contributed by atoms with Gasteiger partial charge in [0, 0.05) is 154 Å². The summed E-state index contributed by atoms with van der Waals surface area (Å²) in [6, 6.07) is 52.8. The molecule has 0 radical (unpaired) electrons. The molecule has 0 atom stereocenters. The molecule has 0 bridgehead atoms. The Bertz CT molecular complexity index is 3220. The molecule has 0 heterocycles. The molecule has 7 rings (SSSR count). The van der Waals surface area contributed by atoms with Crippen molar-refractivity contribution < 1.29 is 23.6 Å². The Kier molecular flexibility index (Phi) is 26.7. The molecule has 10 nitrogen and oxygen atoms in total. The topological polar surface area (TPSA) is 71.6 Å². The zero-order valence-corrected chi connectivity index (χ0v) is 56.6. The smallest absolute Gasteiger partial charge is 0.310 e. The summed E-state index contributed by atoms with van der Waals surface area (Å²) in [6.45, 7) is 37.8. The number of nitrogens with zero attached hydrogens (tertiary/aromatic N) is 6. The van der Waals surface area contributed by atoms with Crippen LogP contribution in [0.25, 0.3) is 0 Å². The van der Waals surface area contributed by atoms with Gasteiger partial charge in [-0.1, -0.05) is 132 Å². The number of carbonyl (C=O) groups is 2. The summed E-state index contributed by atoms with van der Waals surface area (Å²) in [6.07, 6.45) is 12.3. The average molecular weight is 1200 g/mol. The largest absolute Gasteiger partial charge is 0.465 e. The number of hydrogen-bond donors (Lipinski definition) is 0. The van der Waals surface area contributed by atoms with Crippen LogP contribution in [0.1, 0.15) is 125 Å². The van der Waals surface area contributed by atoms with Crippen LogP contribution in [0, 0.1) is 35.5 Å². The minimum absolute atomic E-state index is 0.163. The van der Waals surface area contributed by atoms with Crippen molar-refractivity contribution in [3.05, 3.63) is 192 Å². The first kappa shape index (κ1) is 68.9. The molecule has 6 aromatic rings. The number of methoxy groups -OCH3 is 1. The quantitative estimate of drug-likeness (QED) is 0.0171. The van der Waals surface area contributed by atoms with Crippen LogP contribution < -0.4 is 24.2 Å². The van der Waals surface area contributed by atoms with Crippen LogP contribution in [-0.4, -0.2) is 100 Å². The number of ketones is 1. The maximum absolute atomic E-state index is 13.1. The molecule has 0 saturated heterocycles. The maximum Gasteiger partial charge on any atom is 0.310 e. The van der Waals surface area contributed by atoms with Gasteiger partial charge >= 0.3 is 5.97 Å². The summed E-state index contributed by atoms with van der Waals surface area (Å²) in [7, 11) is 1.78. The number of hydrogen-bond acceptors (Lipinski definition) is 8. The molecule has 89 heavy (non-hydrogen) atoms. The third kappa shape index (κ3) is 21.9. The van der Waals surface area contributed by atoms with E-state index in [4.69, 9.17) is 9.47 Å². The van der Waals surface area contributed by atoms with Crippen LogP contribution in [-0.2, 0) is 38.3 Å². The third-order valence-electron chi connectivity index (χ3n) is 15.6. The van der Waals surface area contributed by atoms with E-state index in [2.05, 4.69) is 257 Å². The highest BCUT2D eigenvalue weighted by Gasteiger charge is 2.25. The minimum atomic E-state index is -0.216. The summed E-state index contributed by atoms with van der Waals surface area (Å²) < 4.78 is 16.2. The maximum atomic E-state index is 13.1. The van der Waals surface area contributed by atoms with Crippen LogP contribution in [0.2, 0.25) is 0 Å². The van der Waals surface area contributed by atoms with Gasteiger partial charge in [-0.25, -0.2) is 4.58 Å². The standard InChI is InChI=1S/C79H106N6O4/c1-58(2)52-80(45-15-47-88-14)69-25-33-73(34-26-69)84(75-37-29-71(30-38-75)82(54-60(5)6)55-61(7)8)77-41-43-78(44-42-77)85(76-39-31-72(32-40-76)83(56-62(9)10)57-63(11)12)74-35-27-70(28-36-74)81(53-59(3)4)46-16-48-89-79(87)51-68-23-21-67(22-24-68)50-66-19-17-65(18-20-66)49-64(13)86/h17-44,58-63H,15-16,45-57H2,1-14H3/q+2. The number of benzene rings is 6. The fraction of sp³-hybridized carbons (Fsp3) is 0.443. The summed E-state index contributed by atoms with van der Waals surface area (Å²) >= 11 is 0. The molecule has 1 aliphatic rings. The Morgan fingerprint density at radius 3 is 1.16 bits per heavy atom. The van der Waals surface area contributed by atoms with Crippen LogP contribution in [0.4, 0.5) is 45.5 Å². The molecule has 0 aromatic heterocycles. The second kappa shape index (κ2) is 34.4. The first-order chi connectivity index (χ1) is 42.7. The first-order valence-electron chi connectivity index (χ1n) is 33.1. The van der Waals surface area contributed by atoms with Crippen LogP contribution in [0.3, 0.4) is 0 Å². The van der Waals surface area contributed by atoms with E-state index in [1.807, 2.05) is 24.3 Å². The molecule has 0 fully saturated rings. The molecule has 474 valence electrons. The second-order valence-corrected chi connectivity index (χ2v) is 27.1. The van der Waals surface area contributed by atoms with E-state index in [1.54, 1.807) is 14.0 Å². The van der Waals surface area contributed by atoms with E-state index in [9.17, 15) is 9.59 Å². The van der Waals surface area contributed by atoms with E-state index in [0.29, 0.717) is 55.0 Å². The lowest BCUT2D eigenvalue weighted by Crippen LogP contribution is -2.31. The van der Waals surface area contributed by atoms with Gasteiger partial charge in [0.05, 0.1) is 13.0 Å². The van der Waals surface area contributed by atoms with Crippen LogP contribution >= 0.6 is 0 Å². The van der Waals surface area contributed by atoms with Gasteiger partial charge in [-0.05, 0) is 145 Å². The highest BCUT2D eigenvalue weighted by atomic mass is 16.5. The molecule has 0 spiro atoms. The first-order valence-corrected chi connectivity index (χ1v) is 33.1. The van der Waals surface area contributed by atoms with Gasteiger partial charge in [0.1, 0.15) is 18.9 Å². The number of ether oxygens (including phenoxy) is 2. The summed E-state index contributed by atoms with van der Waals surface area (Å²) in [4.78, 5) is 34.5. The molecule has 0 amide bonds. The highest BCUT2D eigenvalue weighted by molar-refractivity contribution is 6.18. The number of allylic oxidation sites excluding steroid dienone is 4. The van der Waals surface area contributed by atoms with Crippen molar-refractivity contribution in [1.29, 1.82) is 0 Å². The van der Waals surface area contributed by atoms with Crippen molar-refractivity contribution in [2.24, 2.45) is 35.5 Å². The minimum Gasteiger partial charge on any atom is -0.465 e. The molecular formula is C79H106N6O4+2. The fourth-order valence-electron chi connectivity index (χ4n) is 11.9. The third-order valence-corrected chi connectivity index (χ3v) is 15.6. The number of rotatable bonds is 34. The van der Waals surface area contributed by atoms with Crippen LogP contribution in [0.15, 0.2) is 170 Å².